The average molecular weight is 721 g/mol. The number of fused-ring (bicyclic) bond motifs is 7. The van der Waals surface area contributed by atoms with Crippen molar-refractivity contribution in [2.24, 2.45) is 0 Å². The van der Waals surface area contributed by atoms with Gasteiger partial charge in [-0.05, 0) is 73.7 Å². The van der Waals surface area contributed by atoms with Gasteiger partial charge in [-0.3, -0.25) is 4.40 Å². The Hall–Kier alpha value is -5.82. The number of rotatable bonds is 5. The number of imidazole rings is 1. The van der Waals surface area contributed by atoms with Gasteiger partial charge >= 0.3 is 5.84 Å². The average Bonchev–Trinajstić information content (AvgIpc) is 3.74. The summed E-state index contributed by atoms with van der Waals surface area (Å²) in [5.74, 6) is 2.46. The van der Waals surface area contributed by atoms with Crippen LogP contribution in [-0.2, 0) is 5.41 Å². The fourth-order valence-corrected chi connectivity index (χ4v) is 14.2. The lowest BCUT2D eigenvalue weighted by Gasteiger charge is -2.38. The Morgan fingerprint density at radius 3 is 2.02 bits per heavy atom. The number of para-hydroxylation sites is 5. The second-order valence-electron chi connectivity index (χ2n) is 14.7. The van der Waals surface area contributed by atoms with Gasteiger partial charge in [-0.15, -0.1) is 0 Å². The molecule has 0 amide bonds. The van der Waals surface area contributed by atoms with Crippen LogP contribution in [0.2, 0.25) is 0 Å². The van der Waals surface area contributed by atoms with Gasteiger partial charge < -0.3 is 9.15 Å². The van der Waals surface area contributed by atoms with E-state index in [-0.39, 0.29) is 5.41 Å². The molecule has 6 heteroatoms. The molecule has 10 rings (SSSR count). The molecular formula is C47H36N2O2SSi. The molecule has 0 unspecified atom stereocenters. The van der Waals surface area contributed by atoms with E-state index >= 15 is 0 Å². The summed E-state index contributed by atoms with van der Waals surface area (Å²) in [4.78, 5) is 7.39. The SMILES string of the molecule is CC(C)(C)c1cc([Si](c2ccccc2)(c2ccccc2)c2cccc3c2Oc2ccccc2S3)ccc1-c1cccc2c1nc1oc3ccccc3n12. The molecule has 2 aromatic heterocycles. The highest BCUT2D eigenvalue weighted by Crippen LogP contribution is 2.46. The van der Waals surface area contributed by atoms with E-state index in [0.717, 1.165) is 49.0 Å². The summed E-state index contributed by atoms with van der Waals surface area (Å²) in [6.07, 6.45) is 0. The fourth-order valence-electron chi connectivity index (χ4n) is 8.24. The minimum Gasteiger partial charge on any atom is -0.455 e. The lowest BCUT2D eigenvalue weighted by atomic mass is 9.81. The van der Waals surface area contributed by atoms with Gasteiger partial charge in [0.1, 0.15) is 17.0 Å². The lowest BCUT2D eigenvalue weighted by molar-refractivity contribution is 0.458. The van der Waals surface area contributed by atoms with Gasteiger partial charge in [-0.1, -0.05) is 160 Å². The maximum Gasteiger partial charge on any atom is 0.307 e. The van der Waals surface area contributed by atoms with Crippen molar-refractivity contribution in [3.8, 4) is 22.6 Å². The quantitative estimate of drug-likeness (QED) is 0.131. The summed E-state index contributed by atoms with van der Waals surface area (Å²) in [5, 5.41) is 5.16. The molecule has 1 aliphatic heterocycles. The van der Waals surface area contributed by atoms with Crippen LogP contribution in [0.1, 0.15) is 26.3 Å². The first kappa shape index (κ1) is 31.9. The minimum absolute atomic E-state index is 0.187. The molecule has 0 saturated heterocycles. The van der Waals surface area contributed by atoms with Gasteiger partial charge in [0, 0.05) is 5.56 Å². The second-order valence-corrected chi connectivity index (χ2v) is 19.6. The number of aromatic nitrogens is 2. The van der Waals surface area contributed by atoms with E-state index in [1.165, 1.54) is 31.9 Å². The van der Waals surface area contributed by atoms with E-state index in [9.17, 15) is 0 Å². The van der Waals surface area contributed by atoms with E-state index in [4.69, 9.17) is 14.1 Å². The van der Waals surface area contributed by atoms with Gasteiger partial charge in [0.15, 0.2) is 13.7 Å². The number of ether oxygens (including phenoxy) is 1. The van der Waals surface area contributed by atoms with E-state index in [1.54, 1.807) is 11.8 Å². The largest absolute Gasteiger partial charge is 0.455 e. The Morgan fingerprint density at radius 1 is 0.585 bits per heavy atom. The molecule has 0 radical (unpaired) electrons. The van der Waals surface area contributed by atoms with Crippen LogP contribution in [0.3, 0.4) is 0 Å². The molecule has 0 atom stereocenters. The van der Waals surface area contributed by atoms with Gasteiger partial charge in [-0.25, -0.2) is 0 Å². The molecule has 3 heterocycles. The van der Waals surface area contributed by atoms with Crippen molar-refractivity contribution in [2.45, 2.75) is 36.0 Å². The topological polar surface area (TPSA) is 39.7 Å². The van der Waals surface area contributed by atoms with Crippen molar-refractivity contribution < 1.29 is 9.15 Å². The van der Waals surface area contributed by atoms with Crippen molar-refractivity contribution in [2.75, 3.05) is 0 Å². The third kappa shape index (κ3) is 4.93. The van der Waals surface area contributed by atoms with Crippen molar-refractivity contribution in [3.63, 3.8) is 0 Å². The van der Waals surface area contributed by atoms with Gasteiger partial charge in [0.2, 0.25) is 0 Å². The monoisotopic (exact) mass is 720 g/mol. The first-order valence-corrected chi connectivity index (χ1v) is 20.9. The van der Waals surface area contributed by atoms with Crippen molar-refractivity contribution in [1.29, 1.82) is 0 Å². The van der Waals surface area contributed by atoms with Crippen LogP contribution in [-0.4, -0.2) is 17.5 Å². The maximum atomic E-state index is 6.96. The van der Waals surface area contributed by atoms with E-state index in [2.05, 4.69) is 171 Å². The molecule has 0 N–H and O–H groups in total. The number of benzene rings is 7. The van der Waals surface area contributed by atoms with Crippen molar-refractivity contribution in [3.05, 3.63) is 169 Å². The second kappa shape index (κ2) is 12.1. The molecule has 9 aromatic rings. The predicted molar refractivity (Wildman–Crippen MR) is 221 cm³/mol. The molecular weight excluding hydrogens is 685 g/mol. The first-order chi connectivity index (χ1) is 25.9. The molecule has 4 nitrogen and oxygen atoms in total. The number of nitrogens with zero attached hydrogens (tertiary/aromatic N) is 2. The zero-order valence-electron chi connectivity index (χ0n) is 29.7. The van der Waals surface area contributed by atoms with Crippen LogP contribution in [0.15, 0.2) is 178 Å². The molecule has 0 saturated carbocycles. The molecule has 0 aliphatic carbocycles. The third-order valence-corrected chi connectivity index (χ3v) is 16.5. The molecule has 0 fully saturated rings. The van der Waals surface area contributed by atoms with E-state index in [1.807, 2.05) is 18.2 Å². The van der Waals surface area contributed by atoms with Crippen LogP contribution in [0, 0.1) is 0 Å². The Labute approximate surface area is 313 Å². The van der Waals surface area contributed by atoms with Crippen LogP contribution in [0.5, 0.6) is 11.5 Å². The zero-order chi connectivity index (χ0) is 35.7. The molecule has 1 aliphatic rings. The highest BCUT2D eigenvalue weighted by atomic mass is 32.2. The number of hydrogen-bond acceptors (Lipinski definition) is 4. The summed E-state index contributed by atoms with van der Waals surface area (Å²) in [5.41, 5.74) is 7.18. The lowest BCUT2D eigenvalue weighted by Crippen LogP contribution is -2.75. The normalized spacial score (nSPS) is 12.9. The summed E-state index contributed by atoms with van der Waals surface area (Å²) in [7, 11) is -3.01. The first-order valence-electron chi connectivity index (χ1n) is 18.0. The highest BCUT2D eigenvalue weighted by molar-refractivity contribution is 7.99. The summed E-state index contributed by atoms with van der Waals surface area (Å²) in [6.45, 7) is 6.95. The molecule has 0 bridgehead atoms. The van der Waals surface area contributed by atoms with Crippen molar-refractivity contribution >= 4 is 68.6 Å². The summed E-state index contributed by atoms with van der Waals surface area (Å²) >= 11 is 1.79. The standard InChI is InChI=1S/C47H36N2O2SSi/c1-47(2,3)36-30-33(28-29-34(36)35-20-14-22-38-44(35)48-46-49(38)37-21-10-11-23-39(37)51-46)53(31-16-6-4-7-17-31,32-18-8-5-9-19-32)43-27-15-26-42-45(43)50-40-24-12-13-25-41(40)52-42/h4-30H,1-3H3. The smallest absolute Gasteiger partial charge is 0.307 e. The van der Waals surface area contributed by atoms with Gasteiger partial charge in [-0.2, -0.15) is 4.98 Å². The van der Waals surface area contributed by atoms with Crippen LogP contribution in [0.25, 0.3) is 39.1 Å². The maximum absolute atomic E-state index is 6.96. The Balaban J connectivity index is 1.26. The van der Waals surface area contributed by atoms with Gasteiger partial charge in [0.25, 0.3) is 0 Å². The molecule has 53 heavy (non-hydrogen) atoms. The fraction of sp³-hybridized carbons (Fsp3) is 0.0851. The van der Waals surface area contributed by atoms with Crippen LogP contribution < -0.4 is 25.5 Å². The van der Waals surface area contributed by atoms with E-state index in [0.29, 0.717) is 5.84 Å². The predicted octanol–water partition coefficient (Wildman–Crippen LogP) is 9.83. The van der Waals surface area contributed by atoms with E-state index < -0.39 is 8.07 Å². The summed E-state index contributed by atoms with van der Waals surface area (Å²) < 4.78 is 15.3. The molecule has 256 valence electrons. The molecule has 0 spiro atoms. The number of hydrogen-bond donors (Lipinski definition) is 0. The molecule has 7 aromatic carbocycles. The van der Waals surface area contributed by atoms with Crippen LogP contribution in [0.4, 0.5) is 0 Å². The van der Waals surface area contributed by atoms with Gasteiger partial charge in [0.05, 0.1) is 20.8 Å². The number of oxazole rings is 1. The van der Waals surface area contributed by atoms with Crippen LogP contribution >= 0.6 is 11.8 Å². The Morgan fingerprint density at radius 2 is 1.25 bits per heavy atom. The highest BCUT2D eigenvalue weighted by Gasteiger charge is 2.45. The minimum atomic E-state index is -3.01. The Bertz CT molecular complexity index is 2800. The Kier molecular flexibility index (Phi) is 7.29. The summed E-state index contributed by atoms with van der Waals surface area (Å²) in [6, 6.07) is 59.2. The zero-order valence-corrected chi connectivity index (χ0v) is 31.5. The third-order valence-electron chi connectivity index (χ3n) is 10.6. The van der Waals surface area contributed by atoms with Crippen molar-refractivity contribution in [1.82, 2.24) is 9.38 Å².